The highest BCUT2D eigenvalue weighted by Gasteiger charge is 2.32. The van der Waals surface area contributed by atoms with E-state index < -0.39 is 5.92 Å². The summed E-state index contributed by atoms with van der Waals surface area (Å²) in [7, 11) is 0. The van der Waals surface area contributed by atoms with E-state index in [2.05, 4.69) is 5.16 Å². The topological polar surface area (TPSA) is 99.2 Å². The van der Waals surface area contributed by atoms with Gasteiger partial charge in [0.05, 0.1) is 0 Å². The second-order valence-corrected chi connectivity index (χ2v) is 5.08. The molecule has 2 amide bonds. The third-order valence-corrected chi connectivity index (χ3v) is 3.40. The van der Waals surface area contributed by atoms with Crippen LogP contribution in [0.4, 0.5) is 0 Å². The number of rotatable bonds is 3. The van der Waals surface area contributed by atoms with Crippen molar-refractivity contribution in [2.24, 2.45) is 22.7 Å². The largest absolute Gasteiger partial charge is 0.409 e. The van der Waals surface area contributed by atoms with Crippen LogP contribution in [-0.4, -0.2) is 58.8 Å². The number of hydrogen-bond donors (Lipinski definition) is 2. The fourth-order valence-electron chi connectivity index (χ4n) is 2.25. The Morgan fingerprint density at radius 1 is 1.16 bits per heavy atom. The smallest absolute Gasteiger partial charge is 0.233 e. The number of carbonyl (C=O) groups is 2. The Bertz CT molecular complexity index is 373. The highest BCUT2D eigenvalue weighted by Crippen LogP contribution is 2.16. The van der Waals surface area contributed by atoms with Gasteiger partial charge in [-0.3, -0.25) is 9.59 Å². The summed E-state index contributed by atoms with van der Waals surface area (Å²) in [5.74, 6) is -0.852. The summed E-state index contributed by atoms with van der Waals surface area (Å²) in [6, 6.07) is 0. The van der Waals surface area contributed by atoms with Crippen molar-refractivity contribution in [3.63, 3.8) is 0 Å². The van der Waals surface area contributed by atoms with Gasteiger partial charge in [0.1, 0.15) is 5.92 Å². The van der Waals surface area contributed by atoms with E-state index in [1.807, 2.05) is 13.8 Å². The zero-order chi connectivity index (χ0) is 14.6. The van der Waals surface area contributed by atoms with Crippen LogP contribution in [0.3, 0.4) is 0 Å². The molecule has 1 unspecified atom stereocenters. The van der Waals surface area contributed by atoms with E-state index in [9.17, 15) is 9.59 Å². The number of amides is 2. The molecule has 0 saturated carbocycles. The Balaban J connectivity index is 2.70. The zero-order valence-corrected chi connectivity index (χ0v) is 11.7. The summed E-state index contributed by atoms with van der Waals surface area (Å²) in [5, 5.41) is 11.7. The molecule has 0 aromatic carbocycles. The first kappa shape index (κ1) is 15.3. The monoisotopic (exact) mass is 270 g/mol. The molecule has 1 aliphatic heterocycles. The van der Waals surface area contributed by atoms with Crippen LogP contribution < -0.4 is 5.73 Å². The van der Waals surface area contributed by atoms with E-state index in [1.165, 1.54) is 6.92 Å². The van der Waals surface area contributed by atoms with E-state index in [1.54, 1.807) is 9.80 Å². The highest BCUT2D eigenvalue weighted by molar-refractivity contribution is 6.02. The molecule has 0 radical (unpaired) electrons. The van der Waals surface area contributed by atoms with Gasteiger partial charge in [0.15, 0.2) is 5.84 Å². The Hall–Kier alpha value is -1.79. The van der Waals surface area contributed by atoms with Gasteiger partial charge in [0, 0.05) is 33.1 Å². The summed E-state index contributed by atoms with van der Waals surface area (Å²) >= 11 is 0. The SMILES string of the molecule is CC(=O)N1CCN(C(=O)C(C(N)=NO)C(C)C)CC1. The van der Waals surface area contributed by atoms with Crippen molar-refractivity contribution in [2.75, 3.05) is 26.2 Å². The second kappa shape index (κ2) is 6.40. The van der Waals surface area contributed by atoms with E-state index in [0.29, 0.717) is 26.2 Å². The van der Waals surface area contributed by atoms with Gasteiger partial charge in [-0.1, -0.05) is 19.0 Å². The fraction of sp³-hybridized carbons (Fsp3) is 0.750. The van der Waals surface area contributed by atoms with Crippen molar-refractivity contribution in [3.05, 3.63) is 0 Å². The van der Waals surface area contributed by atoms with E-state index in [4.69, 9.17) is 10.9 Å². The number of nitrogens with zero attached hydrogens (tertiary/aromatic N) is 3. The van der Waals surface area contributed by atoms with Crippen LogP contribution in [0.5, 0.6) is 0 Å². The number of carbonyl (C=O) groups excluding carboxylic acids is 2. The van der Waals surface area contributed by atoms with Crippen LogP contribution in [0.2, 0.25) is 0 Å². The molecule has 1 saturated heterocycles. The number of oxime groups is 1. The van der Waals surface area contributed by atoms with Gasteiger partial charge in [-0.15, -0.1) is 0 Å². The van der Waals surface area contributed by atoms with Gasteiger partial charge in [-0.25, -0.2) is 0 Å². The summed E-state index contributed by atoms with van der Waals surface area (Å²) in [5.41, 5.74) is 5.59. The van der Waals surface area contributed by atoms with E-state index >= 15 is 0 Å². The van der Waals surface area contributed by atoms with E-state index in [-0.39, 0.29) is 23.6 Å². The molecule has 0 spiro atoms. The molecule has 0 aromatic heterocycles. The minimum Gasteiger partial charge on any atom is -0.409 e. The molecular weight excluding hydrogens is 248 g/mol. The lowest BCUT2D eigenvalue weighted by Gasteiger charge is -2.36. The van der Waals surface area contributed by atoms with Crippen molar-refractivity contribution in [3.8, 4) is 0 Å². The fourth-order valence-corrected chi connectivity index (χ4v) is 2.25. The van der Waals surface area contributed by atoms with Gasteiger partial charge in [-0.2, -0.15) is 0 Å². The Morgan fingerprint density at radius 3 is 2.00 bits per heavy atom. The molecule has 1 rings (SSSR count). The lowest BCUT2D eigenvalue weighted by molar-refractivity contribution is -0.140. The average molecular weight is 270 g/mol. The Labute approximate surface area is 113 Å². The van der Waals surface area contributed by atoms with Gasteiger partial charge in [-0.05, 0) is 5.92 Å². The lowest BCUT2D eigenvalue weighted by Crippen LogP contribution is -2.53. The van der Waals surface area contributed by atoms with Crippen molar-refractivity contribution >= 4 is 17.6 Å². The predicted octanol–water partition coefficient (Wildman–Crippen LogP) is -0.304. The molecule has 7 heteroatoms. The average Bonchev–Trinajstić information content (AvgIpc) is 2.38. The maximum absolute atomic E-state index is 12.4. The third kappa shape index (κ3) is 3.59. The van der Waals surface area contributed by atoms with Crippen LogP contribution in [-0.2, 0) is 9.59 Å². The molecule has 108 valence electrons. The third-order valence-electron chi connectivity index (χ3n) is 3.40. The molecule has 3 N–H and O–H groups in total. The Kier molecular flexibility index (Phi) is 5.14. The summed E-state index contributed by atoms with van der Waals surface area (Å²) in [6.45, 7) is 7.26. The summed E-state index contributed by atoms with van der Waals surface area (Å²) in [6.07, 6.45) is 0. The summed E-state index contributed by atoms with van der Waals surface area (Å²) < 4.78 is 0. The Morgan fingerprint density at radius 2 is 1.63 bits per heavy atom. The van der Waals surface area contributed by atoms with Gasteiger partial charge in [0.2, 0.25) is 11.8 Å². The molecule has 1 heterocycles. The molecular formula is C12H22N4O3. The van der Waals surface area contributed by atoms with Crippen molar-refractivity contribution < 1.29 is 14.8 Å². The van der Waals surface area contributed by atoms with Gasteiger partial charge < -0.3 is 20.7 Å². The first-order valence-electron chi connectivity index (χ1n) is 6.40. The van der Waals surface area contributed by atoms with E-state index in [0.717, 1.165) is 0 Å². The molecule has 1 fully saturated rings. The van der Waals surface area contributed by atoms with Crippen LogP contribution in [0.1, 0.15) is 20.8 Å². The minimum atomic E-state index is -0.617. The van der Waals surface area contributed by atoms with Crippen molar-refractivity contribution in [2.45, 2.75) is 20.8 Å². The number of hydrogen-bond acceptors (Lipinski definition) is 4. The highest BCUT2D eigenvalue weighted by atomic mass is 16.4. The van der Waals surface area contributed by atoms with Crippen molar-refractivity contribution in [1.29, 1.82) is 0 Å². The number of amidine groups is 1. The quantitative estimate of drug-likeness (QED) is 0.318. The first-order chi connectivity index (χ1) is 8.88. The molecule has 1 atom stereocenters. The predicted molar refractivity (Wildman–Crippen MR) is 70.6 cm³/mol. The van der Waals surface area contributed by atoms with Gasteiger partial charge >= 0.3 is 0 Å². The van der Waals surface area contributed by atoms with Crippen LogP contribution in [0, 0.1) is 11.8 Å². The van der Waals surface area contributed by atoms with Crippen LogP contribution in [0.25, 0.3) is 0 Å². The minimum absolute atomic E-state index is 0.0175. The molecule has 7 nitrogen and oxygen atoms in total. The molecule has 0 aliphatic carbocycles. The molecule has 0 aromatic rings. The maximum Gasteiger partial charge on any atom is 0.233 e. The van der Waals surface area contributed by atoms with Crippen LogP contribution in [0.15, 0.2) is 5.16 Å². The van der Waals surface area contributed by atoms with Crippen molar-refractivity contribution in [1.82, 2.24) is 9.80 Å². The zero-order valence-electron chi connectivity index (χ0n) is 11.7. The maximum atomic E-state index is 12.4. The summed E-state index contributed by atoms with van der Waals surface area (Å²) in [4.78, 5) is 27.0. The number of piperazine rings is 1. The van der Waals surface area contributed by atoms with Crippen LogP contribution >= 0.6 is 0 Å². The molecule has 0 bridgehead atoms. The first-order valence-corrected chi connectivity index (χ1v) is 6.40. The van der Waals surface area contributed by atoms with Gasteiger partial charge in [0.25, 0.3) is 0 Å². The molecule has 19 heavy (non-hydrogen) atoms. The lowest BCUT2D eigenvalue weighted by atomic mass is 9.93. The standard InChI is InChI=1S/C12H22N4O3/c1-8(2)10(11(13)14-19)12(18)16-6-4-15(5-7-16)9(3)17/h8,10,19H,4-7H2,1-3H3,(H2,13,14). The molecule has 1 aliphatic rings. The second-order valence-electron chi connectivity index (χ2n) is 5.08. The number of nitrogens with two attached hydrogens (primary N) is 1. The normalized spacial score (nSPS) is 18.6.